The Morgan fingerprint density at radius 2 is 2.29 bits per heavy atom. The van der Waals surface area contributed by atoms with Crippen LogP contribution in [0.2, 0.25) is 0 Å². The Labute approximate surface area is 101 Å². The number of anilines is 1. The summed E-state index contributed by atoms with van der Waals surface area (Å²) in [6.07, 6.45) is 2.47. The van der Waals surface area contributed by atoms with E-state index in [-0.39, 0.29) is 0 Å². The minimum absolute atomic E-state index is 0.477. The summed E-state index contributed by atoms with van der Waals surface area (Å²) >= 11 is 1.58. The molecule has 3 rings (SSSR count). The van der Waals surface area contributed by atoms with Gasteiger partial charge in [-0.15, -0.1) is 11.3 Å². The van der Waals surface area contributed by atoms with Crippen LogP contribution in [-0.2, 0) is 6.42 Å². The van der Waals surface area contributed by atoms with E-state index in [0.29, 0.717) is 22.9 Å². The Hall–Kier alpha value is -1.82. The third-order valence-corrected chi connectivity index (χ3v) is 3.90. The molecule has 0 aromatic carbocycles. The predicted molar refractivity (Wildman–Crippen MR) is 65.9 cm³/mol. The Kier molecular flexibility index (Phi) is 2.19. The molecule has 0 spiro atoms. The first kappa shape index (κ1) is 10.3. The Bertz CT molecular complexity index is 680. The quantitative estimate of drug-likeness (QED) is 0.755. The minimum Gasteiger partial charge on any atom is -0.443 e. The monoisotopic (exact) mass is 249 g/mol. The third-order valence-electron chi connectivity index (χ3n) is 2.56. The van der Waals surface area contributed by atoms with Crippen molar-refractivity contribution in [1.29, 1.82) is 0 Å². The van der Waals surface area contributed by atoms with E-state index in [1.54, 1.807) is 17.6 Å². The van der Waals surface area contributed by atoms with Crippen LogP contribution < -0.4 is 5.73 Å². The maximum atomic E-state index is 5.97. The maximum absolute atomic E-state index is 5.97. The molecule has 3 aromatic heterocycles. The molecule has 0 amide bonds. The smallest absolute Gasteiger partial charge is 0.250 e. The van der Waals surface area contributed by atoms with Gasteiger partial charge in [0.15, 0.2) is 5.69 Å². The number of nitrogen functional groups attached to an aromatic ring is 1. The number of nitrogens with two attached hydrogens (primary N) is 1. The molecular weight excluding hydrogens is 238 g/mol. The van der Waals surface area contributed by atoms with Gasteiger partial charge < -0.3 is 14.7 Å². The molecule has 6 heteroatoms. The average molecular weight is 249 g/mol. The van der Waals surface area contributed by atoms with Crippen molar-refractivity contribution in [3.8, 4) is 11.6 Å². The van der Waals surface area contributed by atoms with Crippen molar-refractivity contribution < 1.29 is 8.94 Å². The standard InChI is InChI=1S/C11H11N3O2S/c1-3-6-7(12)9-10(17-6)8(14-16-9)11-13-5(2)4-15-11/h4H,3,12H2,1-2H3. The number of oxazole rings is 1. The summed E-state index contributed by atoms with van der Waals surface area (Å²) in [6, 6.07) is 0. The first-order valence-electron chi connectivity index (χ1n) is 5.29. The van der Waals surface area contributed by atoms with Gasteiger partial charge >= 0.3 is 0 Å². The normalized spacial score (nSPS) is 11.4. The van der Waals surface area contributed by atoms with Crippen LogP contribution in [0.5, 0.6) is 0 Å². The van der Waals surface area contributed by atoms with Crippen molar-refractivity contribution in [1.82, 2.24) is 10.1 Å². The fourth-order valence-corrected chi connectivity index (χ4v) is 2.77. The largest absolute Gasteiger partial charge is 0.443 e. The molecule has 2 N–H and O–H groups in total. The molecule has 3 heterocycles. The van der Waals surface area contributed by atoms with Gasteiger partial charge in [0, 0.05) is 4.88 Å². The Balaban J connectivity index is 2.24. The number of aryl methyl sites for hydroxylation is 2. The van der Waals surface area contributed by atoms with Crippen LogP contribution in [0.3, 0.4) is 0 Å². The molecule has 0 fully saturated rings. The van der Waals surface area contributed by atoms with Crippen LogP contribution >= 0.6 is 11.3 Å². The molecule has 0 bridgehead atoms. The predicted octanol–water partition coefficient (Wildman–Crippen LogP) is 3.00. The van der Waals surface area contributed by atoms with Crippen molar-refractivity contribution >= 4 is 27.3 Å². The zero-order chi connectivity index (χ0) is 12.0. The van der Waals surface area contributed by atoms with Crippen molar-refractivity contribution in [3.63, 3.8) is 0 Å². The van der Waals surface area contributed by atoms with Gasteiger partial charge in [0.05, 0.1) is 11.4 Å². The van der Waals surface area contributed by atoms with Crippen LogP contribution in [0.4, 0.5) is 5.69 Å². The highest BCUT2D eigenvalue weighted by molar-refractivity contribution is 7.20. The second-order valence-electron chi connectivity index (χ2n) is 3.78. The first-order chi connectivity index (χ1) is 8.20. The molecule has 0 saturated carbocycles. The molecule has 17 heavy (non-hydrogen) atoms. The third kappa shape index (κ3) is 1.44. The number of fused-ring (bicyclic) bond motifs is 1. The molecule has 0 saturated heterocycles. The lowest BCUT2D eigenvalue weighted by Gasteiger charge is -1.89. The zero-order valence-electron chi connectivity index (χ0n) is 9.48. The van der Waals surface area contributed by atoms with E-state index >= 15 is 0 Å². The van der Waals surface area contributed by atoms with Gasteiger partial charge in [-0.05, 0) is 13.3 Å². The summed E-state index contributed by atoms with van der Waals surface area (Å²) in [4.78, 5) is 5.35. The van der Waals surface area contributed by atoms with Crippen molar-refractivity contribution in [2.45, 2.75) is 20.3 Å². The lowest BCUT2D eigenvalue weighted by atomic mass is 10.3. The SMILES string of the molecule is CCc1sc2c(-c3nc(C)co3)noc2c1N. The number of hydrogen-bond acceptors (Lipinski definition) is 6. The van der Waals surface area contributed by atoms with Gasteiger partial charge in [-0.25, -0.2) is 4.98 Å². The van der Waals surface area contributed by atoms with Gasteiger partial charge in [0.2, 0.25) is 11.5 Å². The van der Waals surface area contributed by atoms with E-state index in [2.05, 4.69) is 17.1 Å². The van der Waals surface area contributed by atoms with Crippen molar-refractivity contribution in [2.75, 3.05) is 5.73 Å². The molecule has 0 radical (unpaired) electrons. The number of thiophene rings is 1. The van der Waals surface area contributed by atoms with Crippen LogP contribution in [0.1, 0.15) is 17.5 Å². The Morgan fingerprint density at radius 1 is 1.47 bits per heavy atom. The molecule has 3 aromatic rings. The van der Waals surface area contributed by atoms with E-state index in [1.165, 1.54) is 0 Å². The fourth-order valence-electron chi connectivity index (χ4n) is 1.71. The highest BCUT2D eigenvalue weighted by Gasteiger charge is 2.21. The summed E-state index contributed by atoms with van der Waals surface area (Å²) in [5, 5.41) is 3.97. The highest BCUT2D eigenvalue weighted by Crippen LogP contribution is 2.39. The highest BCUT2D eigenvalue weighted by atomic mass is 32.1. The first-order valence-corrected chi connectivity index (χ1v) is 6.11. The molecule has 0 unspecified atom stereocenters. The van der Waals surface area contributed by atoms with E-state index in [4.69, 9.17) is 14.7 Å². The second kappa shape index (κ2) is 3.59. The van der Waals surface area contributed by atoms with E-state index in [0.717, 1.165) is 21.7 Å². The second-order valence-corrected chi connectivity index (χ2v) is 4.88. The van der Waals surface area contributed by atoms with E-state index in [1.807, 2.05) is 6.92 Å². The number of aromatic nitrogens is 2. The fraction of sp³-hybridized carbons (Fsp3) is 0.273. The van der Waals surface area contributed by atoms with Gasteiger partial charge in [0.25, 0.3) is 0 Å². The minimum atomic E-state index is 0.477. The lowest BCUT2D eigenvalue weighted by molar-refractivity contribution is 0.454. The molecule has 0 aliphatic heterocycles. The molecule has 0 aliphatic rings. The average Bonchev–Trinajstić information content (AvgIpc) is 2.96. The van der Waals surface area contributed by atoms with Crippen LogP contribution in [0.15, 0.2) is 15.2 Å². The van der Waals surface area contributed by atoms with Crippen molar-refractivity contribution in [2.24, 2.45) is 0 Å². The summed E-state index contributed by atoms with van der Waals surface area (Å²) in [5.74, 6) is 0.477. The summed E-state index contributed by atoms with van der Waals surface area (Å²) in [6.45, 7) is 3.92. The van der Waals surface area contributed by atoms with E-state index in [9.17, 15) is 0 Å². The molecular formula is C11H11N3O2S. The molecule has 0 aliphatic carbocycles. The molecule has 88 valence electrons. The summed E-state index contributed by atoms with van der Waals surface area (Å²) < 4.78 is 11.5. The van der Waals surface area contributed by atoms with Crippen LogP contribution in [-0.4, -0.2) is 10.1 Å². The lowest BCUT2D eigenvalue weighted by Crippen LogP contribution is -1.85. The zero-order valence-corrected chi connectivity index (χ0v) is 10.3. The topological polar surface area (TPSA) is 78.1 Å². The van der Waals surface area contributed by atoms with E-state index < -0.39 is 0 Å². The van der Waals surface area contributed by atoms with Gasteiger partial charge in [-0.3, -0.25) is 0 Å². The Morgan fingerprint density at radius 3 is 2.94 bits per heavy atom. The van der Waals surface area contributed by atoms with Gasteiger partial charge in [0.1, 0.15) is 11.0 Å². The number of nitrogens with zero attached hydrogens (tertiary/aromatic N) is 2. The van der Waals surface area contributed by atoms with Gasteiger partial charge in [-0.2, -0.15) is 0 Å². The summed E-state index contributed by atoms with van der Waals surface area (Å²) in [7, 11) is 0. The molecule has 5 nitrogen and oxygen atoms in total. The van der Waals surface area contributed by atoms with Crippen molar-refractivity contribution in [3.05, 3.63) is 16.8 Å². The van der Waals surface area contributed by atoms with Crippen LogP contribution in [0.25, 0.3) is 21.9 Å². The van der Waals surface area contributed by atoms with Gasteiger partial charge in [-0.1, -0.05) is 12.1 Å². The number of rotatable bonds is 2. The number of hydrogen-bond donors (Lipinski definition) is 1. The molecule has 0 atom stereocenters. The maximum Gasteiger partial charge on any atom is 0.250 e. The van der Waals surface area contributed by atoms with Crippen LogP contribution in [0, 0.1) is 6.92 Å². The summed E-state index contributed by atoms with van der Waals surface area (Å²) in [5.41, 5.74) is 8.73.